The number of nitrogens with zero attached hydrogens (tertiary/aromatic N) is 2. The summed E-state index contributed by atoms with van der Waals surface area (Å²) in [6.07, 6.45) is 0.898. The Morgan fingerprint density at radius 2 is 2.21 bits per heavy atom. The Morgan fingerprint density at radius 1 is 1.58 bits per heavy atom. The predicted octanol–water partition coefficient (Wildman–Crippen LogP) is 1.20. The third kappa shape index (κ3) is 3.64. The minimum atomic E-state index is -1.31. The summed E-state index contributed by atoms with van der Waals surface area (Å²) in [7, 11) is 1.64. The molecule has 6 nitrogen and oxygen atoms in total. The summed E-state index contributed by atoms with van der Waals surface area (Å²) in [6.45, 7) is 3.95. The lowest BCUT2D eigenvalue weighted by atomic mass is 10.2. The molecule has 1 atom stereocenters. The molecule has 0 spiro atoms. The second-order valence-electron chi connectivity index (χ2n) is 4.07. The average Bonchev–Trinajstić information content (AvgIpc) is 2.38. The van der Waals surface area contributed by atoms with Gasteiger partial charge in [0.1, 0.15) is 23.2 Å². The van der Waals surface area contributed by atoms with E-state index in [1.165, 1.54) is 4.90 Å². The average molecular weight is 269 g/mol. The number of carboxylic acid groups (broad SMARTS) is 1. The van der Waals surface area contributed by atoms with Gasteiger partial charge < -0.3 is 15.3 Å². The van der Waals surface area contributed by atoms with Crippen LogP contribution < -0.4 is 5.32 Å². The van der Waals surface area contributed by atoms with Gasteiger partial charge in [0.15, 0.2) is 0 Å². The van der Waals surface area contributed by atoms with Crippen LogP contribution in [-0.4, -0.2) is 46.5 Å². The molecule has 104 valence electrons. The number of likely N-dealkylation sites (N-methyl/N-ethyl adjacent to an activating group) is 1. The molecule has 2 N–H and O–H groups in total. The van der Waals surface area contributed by atoms with E-state index in [0.717, 1.165) is 12.3 Å². The smallest absolute Gasteiger partial charge is 0.339 e. The highest BCUT2D eigenvalue weighted by Gasteiger charge is 2.20. The summed E-state index contributed by atoms with van der Waals surface area (Å²) in [5.74, 6) is -2.28. The Morgan fingerprint density at radius 3 is 2.74 bits per heavy atom. The zero-order valence-corrected chi connectivity index (χ0v) is 11.0. The number of carbonyl (C=O) groups excluding carboxylic acids is 1. The van der Waals surface area contributed by atoms with Crippen LogP contribution in [0.15, 0.2) is 12.3 Å². The Hall–Kier alpha value is -2.18. The van der Waals surface area contributed by atoms with E-state index in [2.05, 4.69) is 10.3 Å². The van der Waals surface area contributed by atoms with Gasteiger partial charge in [0.2, 0.25) is 5.91 Å². The van der Waals surface area contributed by atoms with E-state index in [1.54, 1.807) is 14.0 Å². The number of pyridine rings is 1. The molecule has 7 heteroatoms. The molecule has 1 rings (SSSR count). The minimum absolute atomic E-state index is 0.0285. The molecule has 1 amide bonds. The summed E-state index contributed by atoms with van der Waals surface area (Å²) < 4.78 is 13.0. The number of hydrogen-bond acceptors (Lipinski definition) is 4. The molecule has 0 aliphatic heterocycles. The van der Waals surface area contributed by atoms with Gasteiger partial charge in [-0.25, -0.2) is 14.2 Å². The summed E-state index contributed by atoms with van der Waals surface area (Å²) in [5, 5.41) is 11.6. The molecule has 0 saturated heterocycles. The van der Waals surface area contributed by atoms with Crippen molar-refractivity contribution < 1.29 is 19.1 Å². The van der Waals surface area contributed by atoms with Crippen molar-refractivity contribution in [2.45, 2.75) is 19.9 Å². The van der Waals surface area contributed by atoms with E-state index in [1.807, 2.05) is 6.92 Å². The van der Waals surface area contributed by atoms with Gasteiger partial charge in [-0.1, -0.05) is 0 Å². The molecule has 1 aromatic heterocycles. The van der Waals surface area contributed by atoms with Crippen LogP contribution in [0.5, 0.6) is 0 Å². The van der Waals surface area contributed by atoms with Gasteiger partial charge in [0.25, 0.3) is 0 Å². The summed E-state index contributed by atoms with van der Waals surface area (Å²) in [4.78, 5) is 28.0. The molecular formula is C12H16FN3O3. The Balaban J connectivity index is 2.93. The van der Waals surface area contributed by atoms with Crippen LogP contribution in [-0.2, 0) is 4.79 Å². The number of aromatic nitrogens is 1. The second kappa shape index (κ2) is 6.12. The lowest BCUT2D eigenvalue weighted by molar-refractivity contribution is -0.130. The molecule has 0 bridgehead atoms. The van der Waals surface area contributed by atoms with Gasteiger partial charge in [0.05, 0.1) is 6.20 Å². The van der Waals surface area contributed by atoms with Crippen molar-refractivity contribution in [1.29, 1.82) is 0 Å². The van der Waals surface area contributed by atoms with Crippen LogP contribution in [0.4, 0.5) is 10.2 Å². The van der Waals surface area contributed by atoms with E-state index in [0.29, 0.717) is 6.54 Å². The number of carbonyl (C=O) groups is 2. The van der Waals surface area contributed by atoms with Gasteiger partial charge >= 0.3 is 5.97 Å². The second-order valence-corrected chi connectivity index (χ2v) is 4.07. The Labute approximate surface area is 110 Å². The molecule has 19 heavy (non-hydrogen) atoms. The maximum atomic E-state index is 13.0. The molecular weight excluding hydrogens is 253 g/mol. The fraction of sp³-hybridized carbons (Fsp3) is 0.417. The normalized spacial score (nSPS) is 11.8. The highest BCUT2D eigenvalue weighted by Crippen LogP contribution is 2.15. The largest absolute Gasteiger partial charge is 0.478 e. The first-order valence-corrected chi connectivity index (χ1v) is 5.77. The first kappa shape index (κ1) is 14.9. The fourth-order valence-corrected chi connectivity index (χ4v) is 1.47. The van der Waals surface area contributed by atoms with E-state index >= 15 is 0 Å². The van der Waals surface area contributed by atoms with Crippen molar-refractivity contribution in [3.05, 3.63) is 23.6 Å². The zero-order chi connectivity index (χ0) is 14.6. The standard InChI is InChI=1S/C12H16FN3O3/c1-4-16(3)11(17)7(2)15-10-9(12(18)19)5-8(13)6-14-10/h5-7H,4H2,1-3H3,(H,14,15)(H,18,19). The van der Waals surface area contributed by atoms with Crippen LogP contribution in [0.1, 0.15) is 24.2 Å². The molecule has 0 fully saturated rings. The van der Waals surface area contributed by atoms with Crippen LogP contribution in [0, 0.1) is 5.82 Å². The number of nitrogens with one attached hydrogen (secondary N) is 1. The quantitative estimate of drug-likeness (QED) is 0.839. The number of carboxylic acids is 1. The highest BCUT2D eigenvalue weighted by molar-refractivity contribution is 5.94. The summed E-state index contributed by atoms with van der Waals surface area (Å²) in [5.41, 5.74) is -0.307. The molecule has 1 unspecified atom stereocenters. The number of hydrogen-bond donors (Lipinski definition) is 2. The molecule has 1 heterocycles. The third-order valence-electron chi connectivity index (χ3n) is 2.66. The highest BCUT2D eigenvalue weighted by atomic mass is 19.1. The van der Waals surface area contributed by atoms with Gasteiger partial charge in [-0.2, -0.15) is 0 Å². The zero-order valence-electron chi connectivity index (χ0n) is 11.0. The van der Waals surface area contributed by atoms with Gasteiger partial charge in [-0.15, -0.1) is 0 Å². The molecule has 0 saturated carbocycles. The topological polar surface area (TPSA) is 82.5 Å². The van der Waals surface area contributed by atoms with Crippen molar-refractivity contribution in [2.75, 3.05) is 18.9 Å². The molecule has 0 radical (unpaired) electrons. The molecule has 0 aromatic carbocycles. The number of aromatic carboxylic acids is 1. The number of halogens is 1. The maximum Gasteiger partial charge on any atom is 0.339 e. The van der Waals surface area contributed by atoms with Crippen LogP contribution in [0.3, 0.4) is 0 Å². The Kier molecular flexibility index (Phi) is 4.80. The van der Waals surface area contributed by atoms with E-state index < -0.39 is 17.8 Å². The molecule has 1 aromatic rings. The van der Waals surface area contributed by atoms with Crippen LogP contribution in [0.25, 0.3) is 0 Å². The third-order valence-corrected chi connectivity index (χ3v) is 2.66. The maximum absolute atomic E-state index is 13.0. The fourth-order valence-electron chi connectivity index (χ4n) is 1.47. The molecule has 0 aliphatic carbocycles. The lowest BCUT2D eigenvalue weighted by Crippen LogP contribution is -2.39. The van der Waals surface area contributed by atoms with Crippen molar-refractivity contribution in [2.24, 2.45) is 0 Å². The van der Waals surface area contributed by atoms with E-state index in [4.69, 9.17) is 5.11 Å². The minimum Gasteiger partial charge on any atom is -0.478 e. The SMILES string of the molecule is CCN(C)C(=O)C(C)Nc1ncc(F)cc1C(=O)O. The van der Waals surface area contributed by atoms with Crippen molar-refractivity contribution in [1.82, 2.24) is 9.88 Å². The number of amides is 1. The molecule has 0 aliphatic rings. The van der Waals surface area contributed by atoms with Gasteiger partial charge in [-0.3, -0.25) is 4.79 Å². The summed E-state index contributed by atoms with van der Waals surface area (Å²) >= 11 is 0. The van der Waals surface area contributed by atoms with Gasteiger partial charge in [-0.05, 0) is 19.9 Å². The van der Waals surface area contributed by atoms with Crippen molar-refractivity contribution in [3.8, 4) is 0 Å². The van der Waals surface area contributed by atoms with Crippen LogP contribution in [0.2, 0.25) is 0 Å². The van der Waals surface area contributed by atoms with E-state index in [-0.39, 0.29) is 17.3 Å². The predicted molar refractivity (Wildman–Crippen MR) is 67.6 cm³/mol. The first-order chi connectivity index (χ1) is 8.86. The lowest BCUT2D eigenvalue weighted by Gasteiger charge is -2.21. The first-order valence-electron chi connectivity index (χ1n) is 5.77. The van der Waals surface area contributed by atoms with Crippen molar-refractivity contribution >= 4 is 17.7 Å². The number of rotatable bonds is 5. The Bertz CT molecular complexity index is 493. The van der Waals surface area contributed by atoms with Gasteiger partial charge in [0, 0.05) is 13.6 Å². The van der Waals surface area contributed by atoms with E-state index in [9.17, 15) is 14.0 Å². The van der Waals surface area contributed by atoms with Crippen molar-refractivity contribution in [3.63, 3.8) is 0 Å². The van der Waals surface area contributed by atoms with Crippen LogP contribution >= 0.6 is 0 Å². The monoisotopic (exact) mass is 269 g/mol. The number of anilines is 1. The summed E-state index contributed by atoms with van der Waals surface area (Å²) in [6, 6.07) is 0.208.